The molecule has 0 atom stereocenters. The second-order valence-corrected chi connectivity index (χ2v) is 6.50. The SMILES string of the molecule is O=C(OCc1ccc(Cl)cc1)n1c(C(F)(F)F)nc2c([N+](=O)[O-])cc(C(F)(F)F)cc21. The minimum atomic E-state index is -5.33. The highest BCUT2D eigenvalue weighted by Gasteiger charge is 2.42. The second-order valence-electron chi connectivity index (χ2n) is 6.07. The zero-order valence-corrected chi connectivity index (χ0v) is 15.5. The van der Waals surface area contributed by atoms with Gasteiger partial charge in [0.1, 0.15) is 6.61 Å². The van der Waals surface area contributed by atoms with Gasteiger partial charge in [-0.25, -0.2) is 14.3 Å². The van der Waals surface area contributed by atoms with Gasteiger partial charge in [0.2, 0.25) is 5.82 Å². The maximum absolute atomic E-state index is 13.4. The first-order valence-electron chi connectivity index (χ1n) is 8.06. The highest BCUT2D eigenvalue weighted by molar-refractivity contribution is 6.30. The monoisotopic (exact) mass is 467 g/mol. The van der Waals surface area contributed by atoms with E-state index in [1.54, 1.807) is 0 Å². The maximum Gasteiger partial charge on any atom is 0.450 e. The normalized spacial score (nSPS) is 12.2. The van der Waals surface area contributed by atoms with Crippen LogP contribution < -0.4 is 0 Å². The summed E-state index contributed by atoms with van der Waals surface area (Å²) < 4.78 is 84.2. The fourth-order valence-corrected chi connectivity index (χ4v) is 2.75. The molecular formula is C17H8ClF6N3O4. The first-order valence-corrected chi connectivity index (χ1v) is 8.43. The summed E-state index contributed by atoms with van der Waals surface area (Å²) >= 11 is 5.69. The summed E-state index contributed by atoms with van der Waals surface area (Å²) in [6, 6.07) is 5.83. The standard InChI is InChI=1S/C17H8ClF6N3O4/c18-10-3-1-8(2-4-10)7-31-15(28)26-11-5-9(16(19,20)21)6-12(27(29)30)13(11)25-14(26)17(22,23)24/h1-6H,7H2. The van der Waals surface area contributed by atoms with Crippen LogP contribution in [0.4, 0.5) is 36.8 Å². The van der Waals surface area contributed by atoms with E-state index in [1.807, 2.05) is 0 Å². The number of aromatic nitrogens is 2. The lowest BCUT2D eigenvalue weighted by Crippen LogP contribution is -2.22. The van der Waals surface area contributed by atoms with E-state index in [-0.39, 0.29) is 16.7 Å². The van der Waals surface area contributed by atoms with Gasteiger partial charge in [-0.15, -0.1) is 0 Å². The Bertz CT molecular complexity index is 1170. The van der Waals surface area contributed by atoms with Gasteiger partial charge in [-0.1, -0.05) is 23.7 Å². The zero-order chi connectivity index (χ0) is 23.1. The van der Waals surface area contributed by atoms with E-state index in [2.05, 4.69) is 4.98 Å². The van der Waals surface area contributed by atoms with Crippen molar-refractivity contribution in [3.8, 4) is 0 Å². The Labute approximate surface area is 172 Å². The van der Waals surface area contributed by atoms with Crippen LogP contribution in [-0.2, 0) is 23.7 Å². The number of nitrogens with zero attached hydrogens (tertiary/aromatic N) is 3. The lowest BCUT2D eigenvalue weighted by atomic mass is 10.1. The summed E-state index contributed by atoms with van der Waals surface area (Å²) in [5, 5.41) is 11.5. The van der Waals surface area contributed by atoms with Crippen LogP contribution in [0.25, 0.3) is 11.0 Å². The van der Waals surface area contributed by atoms with Crippen LogP contribution in [0.5, 0.6) is 0 Å². The van der Waals surface area contributed by atoms with Gasteiger partial charge in [-0.05, 0) is 23.8 Å². The Balaban J connectivity index is 2.17. The second kappa shape index (κ2) is 7.72. The van der Waals surface area contributed by atoms with E-state index >= 15 is 0 Å². The lowest BCUT2D eigenvalue weighted by Gasteiger charge is -2.12. The molecule has 1 heterocycles. The number of fused-ring (bicyclic) bond motifs is 1. The van der Waals surface area contributed by atoms with Crippen LogP contribution in [0.3, 0.4) is 0 Å². The Hall–Kier alpha value is -3.35. The van der Waals surface area contributed by atoms with Gasteiger partial charge in [-0.3, -0.25) is 10.1 Å². The van der Waals surface area contributed by atoms with Crippen LogP contribution in [-0.4, -0.2) is 20.6 Å². The van der Waals surface area contributed by atoms with E-state index < -0.39 is 58.1 Å². The molecular weight excluding hydrogens is 460 g/mol. The third-order valence-electron chi connectivity index (χ3n) is 3.98. The maximum atomic E-state index is 13.4. The summed E-state index contributed by atoms with van der Waals surface area (Å²) in [6.45, 7) is -0.548. The van der Waals surface area contributed by atoms with Crippen molar-refractivity contribution in [3.63, 3.8) is 0 Å². The molecule has 0 spiro atoms. The molecule has 0 aliphatic rings. The predicted octanol–water partition coefficient (Wildman–Crippen LogP) is 5.82. The van der Waals surface area contributed by atoms with Crippen LogP contribution >= 0.6 is 11.6 Å². The third-order valence-corrected chi connectivity index (χ3v) is 4.23. The van der Waals surface area contributed by atoms with Crippen LogP contribution in [0.15, 0.2) is 36.4 Å². The minimum absolute atomic E-state index is 0.0405. The molecule has 7 nitrogen and oxygen atoms in total. The lowest BCUT2D eigenvalue weighted by molar-refractivity contribution is -0.383. The molecule has 0 aliphatic carbocycles. The molecule has 164 valence electrons. The van der Waals surface area contributed by atoms with Gasteiger partial charge in [0.25, 0.3) is 5.69 Å². The third kappa shape index (κ3) is 4.55. The fraction of sp³-hybridized carbons (Fsp3) is 0.176. The number of alkyl halides is 6. The topological polar surface area (TPSA) is 87.3 Å². The molecule has 14 heteroatoms. The molecule has 0 radical (unpaired) electrons. The molecule has 3 rings (SSSR count). The first kappa shape index (κ1) is 22.3. The van der Waals surface area contributed by atoms with Gasteiger partial charge >= 0.3 is 18.4 Å². The number of imidazole rings is 1. The summed E-state index contributed by atoms with van der Waals surface area (Å²) in [6.07, 6.45) is -12.2. The number of ether oxygens (including phenoxy) is 1. The smallest absolute Gasteiger partial charge is 0.444 e. The summed E-state index contributed by atoms with van der Waals surface area (Å²) in [5.41, 5.74) is -4.78. The van der Waals surface area contributed by atoms with Crippen molar-refractivity contribution < 1.29 is 40.8 Å². The van der Waals surface area contributed by atoms with Crippen LogP contribution in [0.1, 0.15) is 17.0 Å². The number of rotatable bonds is 3. The molecule has 0 saturated carbocycles. The number of halogens is 7. The molecule has 0 unspecified atom stereocenters. The minimum Gasteiger partial charge on any atom is -0.444 e. The number of benzene rings is 2. The van der Waals surface area contributed by atoms with Gasteiger partial charge < -0.3 is 4.74 Å². The van der Waals surface area contributed by atoms with Gasteiger partial charge in [0, 0.05) is 11.1 Å². The Morgan fingerprint density at radius 2 is 1.71 bits per heavy atom. The number of carbonyl (C=O) groups excluding carboxylic acids is 1. The molecule has 0 N–H and O–H groups in total. The van der Waals surface area contributed by atoms with Crippen molar-refractivity contribution >= 4 is 34.4 Å². The number of carbonyl (C=O) groups is 1. The number of hydrogen-bond acceptors (Lipinski definition) is 5. The predicted molar refractivity (Wildman–Crippen MR) is 93.4 cm³/mol. The number of hydrogen-bond donors (Lipinski definition) is 0. The van der Waals surface area contributed by atoms with Crippen molar-refractivity contribution in [3.05, 3.63) is 68.5 Å². The van der Waals surface area contributed by atoms with Crippen molar-refractivity contribution in [2.45, 2.75) is 19.0 Å². The van der Waals surface area contributed by atoms with Crippen molar-refractivity contribution in [1.82, 2.24) is 9.55 Å². The molecule has 31 heavy (non-hydrogen) atoms. The zero-order valence-electron chi connectivity index (χ0n) is 14.8. The summed E-state index contributed by atoms with van der Waals surface area (Å²) in [7, 11) is 0. The Kier molecular flexibility index (Phi) is 5.56. The average Bonchev–Trinajstić information content (AvgIpc) is 3.05. The molecule has 3 aromatic rings. The van der Waals surface area contributed by atoms with E-state index in [0.29, 0.717) is 10.6 Å². The van der Waals surface area contributed by atoms with E-state index in [1.165, 1.54) is 24.3 Å². The largest absolute Gasteiger partial charge is 0.450 e. The molecule has 1 aromatic heterocycles. The van der Waals surface area contributed by atoms with E-state index in [0.717, 1.165) is 0 Å². The van der Waals surface area contributed by atoms with E-state index in [4.69, 9.17) is 16.3 Å². The van der Waals surface area contributed by atoms with Crippen LogP contribution in [0.2, 0.25) is 5.02 Å². The first-order chi connectivity index (χ1) is 14.3. The van der Waals surface area contributed by atoms with Gasteiger partial charge in [0.15, 0.2) is 5.52 Å². The van der Waals surface area contributed by atoms with Crippen LogP contribution in [0, 0.1) is 10.1 Å². The van der Waals surface area contributed by atoms with Gasteiger partial charge in [0.05, 0.1) is 16.0 Å². The van der Waals surface area contributed by atoms with Crippen molar-refractivity contribution in [2.75, 3.05) is 0 Å². The molecule has 2 aromatic carbocycles. The molecule has 0 saturated heterocycles. The van der Waals surface area contributed by atoms with Crippen molar-refractivity contribution in [1.29, 1.82) is 0 Å². The number of nitro groups is 1. The van der Waals surface area contributed by atoms with Crippen molar-refractivity contribution in [2.24, 2.45) is 0 Å². The quantitative estimate of drug-likeness (QED) is 0.275. The van der Waals surface area contributed by atoms with E-state index in [9.17, 15) is 41.3 Å². The fourth-order valence-electron chi connectivity index (χ4n) is 2.63. The highest BCUT2D eigenvalue weighted by Crippen LogP contribution is 2.39. The molecule has 0 amide bonds. The highest BCUT2D eigenvalue weighted by atomic mass is 35.5. The van der Waals surface area contributed by atoms with Gasteiger partial charge in [-0.2, -0.15) is 26.3 Å². The average molecular weight is 468 g/mol. The molecule has 0 fully saturated rings. The number of non-ortho nitro benzene ring substituents is 1. The Morgan fingerprint density at radius 1 is 1.10 bits per heavy atom. The summed E-state index contributed by atoms with van der Waals surface area (Å²) in [4.78, 5) is 25.2. The molecule has 0 bridgehead atoms. The summed E-state index contributed by atoms with van der Waals surface area (Å²) in [5.74, 6) is -1.97. The Morgan fingerprint density at radius 3 is 2.23 bits per heavy atom. The molecule has 0 aliphatic heterocycles. The number of nitro benzene ring substituents is 1.